The van der Waals surface area contributed by atoms with Gasteiger partial charge in [-0.3, -0.25) is 0 Å². The number of H-pyrrole nitrogens is 1. The highest BCUT2D eigenvalue weighted by atomic mass is 16.5. The van der Waals surface area contributed by atoms with Crippen molar-refractivity contribution < 1.29 is 9.47 Å². The van der Waals surface area contributed by atoms with E-state index >= 15 is 0 Å². The van der Waals surface area contributed by atoms with Crippen LogP contribution in [0.5, 0.6) is 11.5 Å². The first-order chi connectivity index (χ1) is 15.8. The molecular formula is C29H25NO2. The molecule has 5 aromatic rings. The van der Waals surface area contributed by atoms with Gasteiger partial charge in [0.2, 0.25) is 0 Å². The van der Waals surface area contributed by atoms with Gasteiger partial charge in [0.05, 0.1) is 0 Å². The predicted octanol–water partition coefficient (Wildman–Crippen LogP) is 7.30. The van der Waals surface area contributed by atoms with E-state index in [-0.39, 0.29) is 0 Å². The first kappa shape index (κ1) is 20.0. The molecule has 0 saturated heterocycles. The van der Waals surface area contributed by atoms with Crippen molar-refractivity contribution in [3.05, 3.63) is 120 Å². The van der Waals surface area contributed by atoms with E-state index in [1.807, 2.05) is 54.6 Å². The summed E-state index contributed by atoms with van der Waals surface area (Å²) in [6.45, 7) is 3.28. The average Bonchev–Trinajstić information content (AvgIpc) is 3.19. The van der Waals surface area contributed by atoms with Gasteiger partial charge in [-0.25, -0.2) is 0 Å². The molecule has 0 aliphatic carbocycles. The summed E-state index contributed by atoms with van der Waals surface area (Å²) in [5.41, 5.74) is 6.89. The summed E-state index contributed by atoms with van der Waals surface area (Å²) in [6, 6.07) is 34.9. The van der Waals surface area contributed by atoms with Crippen LogP contribution in [-0.2, 0) is 13.2 Å². The summed E-state index contributed by atoms with van der Waals surface area (Å²) in [4.78, 5) is 3.56. The number of fused-ring (bicyclic) bond motifs is 1. The Labute approximate surface area is 188 Å². The van der Waals surface area contributed by atoms with Crippen molar-refractivity contribution in [3.8, 4) is 22.8 Å². The lowest BCUT2D eigenvalue weighted by Gasteiger charge is -2.07. The van der Waals surface area contributed by atoms with Crippen molar-refractivity contribution in [2.75, 3.05) is 0 Å². The Bertz CT molecular complexity index is 1310. The molecule has 1 heterocycles. The minimum absolute atomic E-state index is 0.563. The van der Waals surface area contributed by atoms with Gasteiger partial charge in [-0.1, -0.05) is 60.7 Å². The summed E-state index contributed by atoms with van der Waals surface area (Å²) in [7, 11) is 0. The van der Waals surface area contributed by atoms with Crippen molar-refractivity contribution in [2.24, 2.45) is 0 Å². The van der Waals surface area contributed by atoms with Crippen LogP contribution in [-0.4, -0.2) is 4.98 Å². The van der Waals surface area contributed by atoms with Crippen LogP contribution in [0.15, 0.2) is 103 Å². The van der Waals surface area contributed by atoms with Crippen LogP contribution >= 0.6 is 0 Å². The summed E-state index contributed by atoms with van der Waals surface area (Å²) in [5, 5.41) is 1.18. The monoisotopic (exact) mass is 419 g/mol. The molecule has 0 aliphatic heterocycles. The second-order valence-electron chi connectivity index (χ2n) is 7.91. The first-order valence-corrected chi connectivity index (χ1v) is 10.8. The second kappa shape index (κ2) is 9.03. The smallest absolute Gasteiger partial charge is 0.120 e. The van der Waals surface area contributed by atoms with Crippen LogP contribution in [0.1, 0.15) is 16.7 Å². The zero-order valence-electron chi connectivity index (χ0n) is 18.0. The number of benzene rings is 4. The van der Waals surface area contributed by atoms with Gasteiger partial charge in [0.1, 0.15) is 24.7 Å². The Kier molecular flexibility index (Phi) is 5.63. The fourth-order valence-electron chi connectivity index (χ4n) is 3.88. The van der Waals surface area contributed by atoms with Gasteiger partial charge < -0.3 is 14.5 Å². The van der Waals surface area contributed by atoms with Crippen molar-refractivity contribution in [1.82, 2.24) is 4.98 Å². The quantitative estimate of drug-likeness (QED) is 0.300. The minimum Gasteiger partial charge on any atom is -0.489 e. The van der Waals surface area contributed by atoms with Gasteiger partial charge in [-0.2, -0.15) is 0 Å². The number of ether oxygens (including phenoxy) is 2. The normalized spacial score (nSPS) is 10.9. The molecule has 0 aliphatic rings. The maximum Gasteiger partial charge on any atom is 0.120 e. The average molecular weight is 420 g/mol. The summed E-state index contributed by atoms with van der Waals surface area (Å²) >= 11 is 0. The molecule has 0 bridgehead atoms. The van der Waals surface area contributed by atoms with E-state index in [0.29, 0.717) is 13.2 Å². The molecule has 0 unspecified atom stereocenters. The van der Waals surface area contributed by atoms with Crippen molar-refractivity contribution >= 4 is 10.9 Å². The largest absolute Gasteiger partial charge is 0.489 e. The lowest BCUT2D eigenvalue weighted by molar-refractivity contribution is 0.306. The van der Waals surface area contributed by atoms with E-state index in [1.165, 1.54) is 10.9 Å². The summed E-state index contributed by atoms with van der Waals surface area (Å²) < 4.78 is 11.9. The first-order valence-electron chi connectivity index (χ1n) is 10.8. The third kappa shape index (κ3) is 4.37. The molecule has 3 nitrogen and oxygen atoms in total. The van der Waals surface area contributed by atoms with Crippen LogP contribution in [0.4, 0.5) is 0 Å². The van der Waals surface area contributed by atoms with Gasteiger partial charge in [-0.15, -0.1) is 0 Å². The third-order valence-electron chi connectivity index (χ3n) is 5.67. The van der Waals surface area contributed by atoms with Crippen molar-refractivity contribution in [3.63, 3.8) is 0 Å². The number of hydrogen-bond acceptors (Lipinski definition) is 2. The number of aromatic amines is 1. The predicted molar refractivity (Wildman–Crippen MR) is 130 cm³/mol. The molecule has 1 N–H and O–H groups in total. The van der Waals surface area contributed by atoms with Gasteiger partial charge in [-0.05, 0) is 71.6 Å². The highest BCUT2D eigenvalue weighted by Crippen LogP contribution is 2.33. The molecule has 0 radical (unpaired) electrons. The molecule has 0 fully saturated rings. The van der Waals surface area contributed by atoms with Crippen molar-refractivity contribution in [2.45, 2.75) is 20.1 Å². The van der Waals surface area contributed by atoms with E-state index < -0.39 is 0 Å². The number of hydrogen-bond donors (Lipinski definition) is 1. The molecule has 0 saturated carbocycles. The highest BCUT2D eigenvalue weighted by Gasteiger charge is 2.11. The zero-order chi connectivity index (χ0) is 21.8. The Balaban J connectivity index is 1.32. The maximum atomic E-state index is 6.02. The Morgan fingerprint density at radius 3 is 1.81 bits per heavy atom. The number of aromatic nitrogens is 1. The molecule has 0 spiro atoms. The number of rotatable bonds is 7. The molecule has 5 rings (SSSR count). The van der Waals surface area contributed by atoms with Crippen LogP contribution in [0.3, 0.4) is 0 Å². The molecule has 0 amide bonds. The van der Waals surface area contributed by atoms with Crippen LogP contribution < -0.4 is 9.47 Å². The van der Waals surface area contributed by atoms with Crippen molar-refractivity contribution in [1.29, 1.82) is 0 Å². The van der Waals surface area contributed by atoms with Crippen LogP contribution in [0.25, 0.3) is 22.2 Å². The standard InChI is InChI=1S/C29H25NO2/c1-21-27-18-26(32-20-23-10-6-3-7-11-23)16-17-28(27)30-29(21)24-12-14-25(15-13-24)31-19-22-8-4-2-5-9-22/h2-18,30H,19-20H2,1H3. The fraction of sp³-hybridized carbons (Fsp3) is 0.103. The lowest BCUT2D eigenvalue weighted by atomic mass is 10.1. The molecule has 3 heteroatoms. The zero-order valence-corrected chi connectivity index (χ0v) is 18.0. The molecule has 32 heavy (non-hydrogen) atoms. The Morgan fingerprint density at radius 1 is 0.625 bits per heavy atom. The van der Waals surface area contributed by atoms with Crippen LogP contribution in [0.2, 0.25) is 0 Å². The van der Waals surface area contributed by atoms with E-state index in [9.17, 15) is 0 Å². The van der Waals surface area contributed by atoms with E-state index in [4.69, 9.17) is 9.47 Å². The number of aryl methyl sites for hydroxylation is 1. The SMILES string of the molecule is Cc1c(-c2ccc(OCc3ccccc3)cc2)[nH]c2ccc(OCc3ccccc3)cc12. The Hall–Kier alpha value is -3.98. The molecule has 1 aromatic heterocycles. The van der Waals surface area contributed by atoms with Gasteiger partial charge in [0.15, 0.2) is 0 Å². The molecule has 158 valence electrons. The minimum atomic E-state index is 0.563. The summed E-state index contributed by atoms with van der Waals surface area (Å²) in [5.74, 6) is 1.74. The molecule has 4 aromatic carbocycles. The van der Waals surface area contributed by atoms with Gasteiger partial charge in [0, 0.05) is 16.6 Å². The van der Waals surface area contributed by atoms with Gasteiger partial charge >= 0.3 is 0 Å². The maximum absolute atomic E-state index is 6.02. The second-order valence-corrected chi connectivity index (χ2v) is 7.91. The van der Waals surface area contributed by atoms with E-state index in [2.05, 4.69) is 60.4 Å². The highest BCUT2D eigenvalue weighted by molar-refractivity contribution is 5.91. The molecule has 0 atom stereocenters. The lowest BCUT2D eigenvalue weighted by Crippen LogP contribution is -1.94. The third-order valence-corrected chi connectivity index (χ3v) is 5.67. The molecular weight excluding hydrogens is 394 g/mol. The van der Waals surface area contributed by atoms with E-state index in [0.717, 1.165) is 39.4 Å². The Morgan fingerprint density at radius 2 is 1.19 bits per heavy atom. The van der Waals surface area contributed by atoms with Crippen LogP contribution in [0, 0.1) is 6.92 Å². The summed E-state index contributed by atoms with van der Waals surface area (Å²) in [6.07, 6.45) is 0. The van der Waals surface area contributed by atoms with E-state index in [1.54, 1.807) is 0 Å². The number of nitrogens with one attached hydrogen (secondary N) is 1. The topological polar surface area (TPSA) is 34.2 Å². The fourth-order valence-corrected chi connectivity index (χ4v) is 3.88. The van der Waals surface area contributed by atoms with Gasteiger partial charge in [0.25, 0.3) is 0 Å².